The van der Waals surface area contributed by atoms with Gasteiger partial charge in [0.1, 0.15) is 24.0 Å². The predicted octanol–water partition coefficient (Wildman–Crippen LogP) is 5.03. The van der Waals surface area contributed by atoms with E-state index in [1.165, 1.54) is 19.1 Å². The molecule has 0 aromatic carbocycles. The number of allylic oxidation sites excluding steroid dienone is 4. The highest BCUT2D eigenvalue weighted by Crippen LogP contribution is 2.39. The van der Waals surface area contributed by atoms with E-state index in [4.69, 9.17) is 23.7 Å². The topological polar surface area (TPSA) is 178 Å². The Kier molecular flexibility index (Phi) is 18.3. The molecule has 13 nitrogen and oxygen atoms in total. The number of carbonyl (C=O) groups excluding carboxylic acids is 4. The molecule has 3 heterocycles. The van der Waals surface area contributed by atoms with E-state index in [0.717, 1.165) is 31.3 Å². The Balaban J connectivity index is 1.74. The number of hydrogen-bond donors (Lipinski definition) is 3. The van der Waals surface area contributed by atoms with Crippen LogP contribution in [0.25, 0.3) is 0 Å². The maximum atomic E-state index is 14.3. The number of ketones is 2. The first kappa shape index (κ1) is 47.9. The Morgan fingerprint density at radius 2 is 1.67 bits per heavy atom. The van der Waals surface area contributed by atoms with Crippen LogP contribution in [0.5, 0.6) is 0 Å². The lowest BCUT2D eigenvalue weighted by molar-refractivity contribution is -0.302. The number of Topliss-reactive ketones (excluding diaryl/α,β-unsaturated/α-hetero) is 2. The summed E-state index contributed by atoms with van der Waals surface area (Å²) < 4.78 is 30.0. The molecular formula is C45H71NO12. The van der Waals surface area contributed by atoms with Crippen molar-refractivity contribution in [1.82, 2.24) is 4.90 Å². The van der Waals surface area contributed by atoms with Gasteiger partial charge in [0.05, 0.1) is 37.6 Å². The minimum absolute atomic E-state index is 0.0159. The molecule has 2 saturated heterocycles. The molecule has 0 radical (unpaired) electrons. The van der Waals surface area contributed by atoms with Gasteiger partial charge in [-0.15, -0.1) is 6.58 Å². The summed E-state index contributed by atoms with van der Waals surface area (Å²) >= 11 is 0. The number of aliphatic hydroxyl groups is 3. The van der Waals surface area contributed by atoms with Crippen LogP contribution < -0.4 is 0 Å². The first-order chi connectivity index (χ1) is 27.6. The van der Waals surface area contributed by atoms with Crippen LogP contribution in [0.4, 0.5) is 0 Å². The zero-order valence-corrected chi connectivity index (χ0v) is 35.9. The molecule has 0 aromatic heterocycles. The summed E-state index contributed by atoms with van der Waals surface area (Å²) in [5.41, 5.74) is 1.68. The van der Waals surface area contributed by atoms with Crippen LogP contribution in [0.1, 0.15) is 112 Å². The standard InChI is InChI=1S/C45H71NO12/c1-9-12-33-22-27(2)21-28(3)23-38(54-7)41-39(55-8)25-30(5)45(53,58-41)42(50)43(51)46-18-11-10-13-35(46)44(52)57-40(31(6)36(48)26-37(33)49)29(4)24-32-14-16-34(17-15-32)56-20-19-47/h9,22,24,28,30-36,38-41,47-48,53H,1,10-21,23,25-26H2,2-8H3/b27-22+,29-24+/t28-,30+,31+,32-,33+,34-,35-,36-,38-,39-,40+,41+,45+/m0/s1. The molecule has 11 atom stereocenters. The van der Waals surface area contributed by atoms with E-state index in [0.29, 0.717) is 44.3 Å². The van der Waals surface area contributed by atoms with Gasteiger partial charge in [0.25, 0.3) is 11.7 Å². The number of amides is 1. The molecule has 2 bridgehead atoms. The number of piperidine rings is 1. The van der Waals surface area contributed by atoms with Crippen molar-refractivity contribution in [3.8, 4) is 0 Å². The van der Waals surface area contributed by atoms with Gasteiger partial charge in [-0.05, 0) is 102 Å². The monoisotopic (exact) mass is 817 g/mol. The third-order valence-corrected chi connectivity index (χ3v) is 12.9. The molecule has 1 aliphatic carbocycles. The number of aliphatic hydroxyl groups excluding tert-OH is 2. The molecule has 1 amide bonds. The van der Waals surface area contributed by atoms with Gasteiger partial charge in [-0.25, -0.2) is 4.79 Å². The van der Waals surface area contributed by atoms with Crippen LogP contribution in [0.2, 0.25) is 0 Å². The van der Waals surface area contributed by atoms with Gasteiger partial charge in [-0.1, -0.05) is 44.6 Å². The van der Waals surface area contributed by atoms with Crippen molar-refractivity contribution in [2.24, 2.45) is 29.6 Å². The van der Waals surface area contributed by atoms with Crippen LogP contribution in [0.15, 0.2) is 36.0 Å². The molecule has 3 fully saturated rings. The number of hydrogen-bond acceptors (Lipinski definition) is 12. The number of fused-ring (bicyclic) bond motifs is 3. The Bertz CT molecular complexity index is 1470. The van der Waals surface area contributed by atoms with Gasteiger partial charge in [0.15, 0.2) is 0 Å². The summed E-state index contributed by atoms with van der Waals surface area (Å²) in [6, 6.07) is -1.12. The summed E-state index contributed by atoms with van der Waals surface area (Å²) in [7, 11) is 3.06. The molecule has 3 aliphatic heterocycles. The fraction of sp³-hybridized carbons (Fsp3) is 0.778. The van der Waals surface area contributed by atoms with Crippen LogP contribution in [-0.2, 0) is 42.9 Å². The Morgan fingerprint density at radius 3 is 2.31 bits per heavy atom. The third kappa shape index (κ3) is 11.9. The molecule has 4 aliphatic rings. The smallest absolute Gasteiger partial charge is 0.329 e. The minimum Gasteiger partial charge on any atom is -0.456 e. The number of cyclic esters (lactones) is 1. The second kappa shape index (κ2) is 22.2. The summed E-state index contributed by atoms with van der Waals surface area (Å²) in [6.07, 6.45) is 7.74. The van der Waals surface area contributed by atoms with Crippen molar-refractivity contribution in [2.75, 3.05) is 34.0 Å². The number of rotatable bonds is 9. The van der Waals surface area contributed by atoms with Gasteiger partial charge in [0.2, 0.25) is 5.79 Å². The molecule has 4 rings (SSSR count). The second-order valence-electron chi connectivity index (χ2n) is 17.5. The van der Waals surface area contributed by atoms with E-state index >= 15 is 0 Å². The van der Waals surface area contributed by atoms with Gasteiger partial charge < -0.3 is 43.9 Å². The van der Waals surface area contributed by atoms with Crippen molar-refractivity contribution in [2.45, 2.75) is 160 Å². The van der Waals surface area contributed by atoms with E-state index in [1.807, 2.05) is 26.8 Å². The maximum Gasteiger partial charge on any atom is 0.329 e. The van der Waals surface area contributed by atoms with Gasteiger partial charge in [0, 0.05) is 44.9 Å². The molecular weight excluding hydrogens is 746 g/mol. The summed E-state index contributed by atoms with van der Waals surface area (Å²) in [4.78, 5) is 57.9. The van der Waals surface area contributed by atoms with Gasteiger partial charge in [-0.2, -0.15) is 0 Å². The molecule has 3 N–H and O–H groups in total. The number of nitrogens with zero attached hydrogens (tertiary/aromatic N) is 1. The lowest BCUT2D eigenvalue weighted by Crippen LogP contribution is -2.64. The van der Waals surface area contributed by atoms with Gasteiger partial charge in [-0.3, -0.25) is 14.4 Å². The molecule has 0 aromatic rings. The van der Waals surface area contributed by atoms with E-state index in [-0.39, 0.29) is 56.1 Å². The number of carbonyl (C=O) groups is 4. The third-order valence-electron chi connectivity index (χ3n) is 12.9. The van der Waals surface area contributed by atoms with Crippen molar-refractivity contribution < 1.29 is 58.2 Å². The molecule has 0 spiro atoms. The Hall–Kier alpha value is -2.78. The van der Waals surface area contributed by atoms with E-state index in [9.17, 15) is 34.5 Å². The normalized spacial score (nSPS) is 39.2. The fourth-order valence-electron chi connectivity index (χ4n) is 9.52. The van der Waals surface area contributed by atoms with Crippen LogP contribution in [0, 0.1) is 29.6 Å². The summed E-state index contributed by atoms with van der Waals surface area (Å²) in [5.74, 6) is -7.46. The largest absolute Gasteiger partial charge is 0.456 e. The Labute approximate surface area is 345 Å². The molecule has 13 heteroatoms. The highest BCUT2D eigenvalue weighted by molar-refractivity contribution is 6.39. The van der Waals surface area contributed by atoms with E-state index in [1.54, 1.807) is 19.9 Å². The van der Waals surface area contributed by atoms with Gasteiger partial charge >= 0.3 is 5.97 Å². The van der Waals surface area contributed by atoms with Crippen molar-refractivity contribution >= 4 is 23.4 Å². The lowest BCUT2D eigenvalue weighted by Gasteiger charge is -2.47. The molecule has 58 heavy (non-hydrogen) atoms. The average Bonchev–Trinajstić information content (AvgIpc) is 3.20. The van der Waals surface area contributed by atoms with E-state index < -0.39 is 77.8 Å². The number of ether oxygens (including phenoxy) is 5. The highest BCUT2D eigenvalue weighted by Gasteiger charge is 2.56. The number of esters is 1. The first-order valence-electron chi connectivity index (χ1n) is 21.5. The highest BCUT2D eigenvalue weighted by atomic mass is 16.7. The number of methoxy groups -OCH3 is 2. The first-order valence-corrected chi connectivity index (χ1v) is 21.5. The fourth-order valence-corrected chi connectivity index (χ4v) is 9.52. The molecule has 328 valence electrons. The summed E-state index contributed by atoms with van der Waals surface area (Å²) in [5, 5.41) is 32.9. The zero-order chi connectivity index (χ0) is 42.7. The SMILES string of the molecule is C=CC[C@@H]1/C=C(\C)C[C@H](C)C[C@H](OC)[C@H]2O[C@@](O)(C(=O)C(=O)N3CCCC[C@H]3C(=O)O[C@H](/C(C)=C/[C@H]3CC[C@H](OCCO)CC3)[C@H](C)[C@@H](O)CC1=O)[C@H](C)C[C@@H]2OC. The molecule has 0 unspecified atom stereocenters. The summed E-state index contributed by atoms with van der Waals surface area (Å²) in [6.45, 7) is 13.5. The predicted molar refractivity (Wildman–Crippen MR) is 217 cm³/mol. The van der Waals surface area contributed by atoms with Crippen molar-refractivity contribution in [1.29, 1.82) is 0 Å². The zero-order valence-electron chi connectivity index (χ0n) is 35.9. The van der Waals surface area contributed by atoms with Crippen LogP contribution in [0.3, 0.4) is 0 Å². The van der Waals surface area contributed by atoms with Crippen molar-refractivity contribution in [3.05, 3.63) is 36.0 Å². The lowest BCUT2D eigenvalue weighted by atomic mass is 9.82. The molecule has 1 saturated carbocycles. The van der Waals surface area contributed by atoms with Crippen LogP contribution >= 0.6 is 0 Å². The van der Waals surface area contributed by atoms with Crippen molar-refractivity contribution in [3.63, 3.8) is 0 Å². The van der Waals surface area contributed by atoms with E-state index in [2.05, 4.69) is 12.7 Å². The second-order valence-corrected chi connectivity index (χ2v) is 17.5. The average molecular weight is 818 g/mol. The minimum atomic E-state index is -2.50. The maximum absolute atomic E-state index is 14.3. The quantitative estimate of drug-likeness (QED) is 0.161. The van der Waals surface area contributed by atoms with Crippen LogP contribution in [-0.4, -0.2) is 126 Å². The Morgan fingerprint density at radius 1 is 1.00 bits per heavy atom.